The Hall–Kier alpha value is -3.35. The van der Waals surface area contributed by atoms with Crippen molar-refractivity contribution in [2.45, 2.75) is 51.0 Å². The Morgan fingerprint density at radius 3 is 2.25 bits per heavy atom. The van der Waals surface area contributed by atoms with Crippen molar-refractivity contribution in [3.05, 3.63) is 83.6 Å². The Kier molecular flexibility index (Phi) is 10.7. The van der Waals surface area contributed by atoms with Gasteiger partial charge in [0.05, 0.1) is 11.8 Å². The molecular formula is C34H36N4NaO8P. The largest absolute Gasteiger partial charge is 1.00 e. The molecule has 1 aromatic heterocycles. The molecule has 0 bridgehead atoms. The zero-order chi connectivity index (χ0) is 33.6. The topological polar surface area (TPSA) is 192 Å². The standard InChI is InChI=1S/C34H37N4O8P.Na/c1-18(2)15-25-22(13-14-38-32(40)23-10-5-7-19-8-6-11-24(28(19)23)33(38)41)31(47(44,45)46)37-29(25)30(39)36-27(34(42)43)16-20-17-35-26-12-4-3-9-21(20)26;/h3-12,17-18,22,25,27,29,31,35,37H,13-16H2,1-2H3,(H,36,39)(H,42,43)(H2,44,45,46);/q;+1/p-1/t22-,25-,27+,29-,31-;/m1./s1. The number of carboxylic acids is 1. The second-order valence-corrected chi connectivity index (χ2v) is 14.5. The number of carbonyl (C=O) groups is 4. The number of benzene rings is 3. The van der Waals surface area contributed by atoms with Crippen LogP contribution in [-0.4, -0.2) is 68.0 Å². The summed E-state index contributed by atoms with van der Waals surface area (Å²) in [4.78, 5) is 80.4. The number of aliphatic carboxylic acids is 1. The van der Waals surface area contributed by atoms with Crippen LogP contribution in [0.25, 0.3) is 21.7 Å². The number of para-hydroxylation sites is 1. The van der Waals surface area contributed by atoms with Gasteiger partial charge in [-0.3, -0.25) is 24.6 Å². The normalized spacial score (nSPS) is 22.5. The Morgan fingerprint density at radius 2 is 1.65 bits per heavy atom. The van der Waals surface area contributed by atoms with E-state index in [-0.39, 0.29) is 54.9 Å². The number of carbonyl (C=O) groups excluding carboxylic acids is 3. The van der Waals surface area contributed by atoms with Gasteiger partial charge in [-0.05, 0) is 59.7 Å². The van der Waals surface area contributed by atoms with Gasteiger partial charge in [0.2, 0.25) is 5.91 Å². The number of nitrogens with one attached hydrogen (secondary N) is 3. The van der Waals surface area contributed by atoms with E-state index in [1.165, 1.54) is 0 Å². The maximum absolute atomic E-state index is 13.8. The molecule has 0 radical (unpaired) electrons. The fourth-order valence-corrected chi connectivity index (χ4v) is 8.49. The summed E-state index contributed by atoms with van der Waals surface area (Å²) in [5, 5.41) is 17.5. The molecule has 1 fully saturated rings. The Labute approximate surface area is 299 Å². The molecule has 4 aromatic rings. The molecule has 3 heterocycles. The maximum atomic E-state index is 13.8. The van der Waals surface area contributed by atoms with Crippen LogP contribution in [0.3, 0.4) is 0 Å². The number of aromatic amines is 1. The van der Waals surface area contributed by atoms with Crippen molar-refractivity contribution in [3.8, 4) is 0 Å². The van der Waals surface area contributed by atoms with Gasteiger partial charge in [-0.25, -0.2) is 4.79 Å². The van der Waals surface area contributed by atoms with Crippen LogP contribution in [0, 0.1) is 17.8 Å². The Bertz CT molecular complexity index is 1890. The van der Waals surface area contributed by atoms with Crippen LogP contribution in [0.1, 0.15) is 53.0 Å². The van der Waals surface area contributed by atoms with E-state index in [1.807, 2.05) is 50.2 Å². The number of carboxylic acid groups (broad SMARTS) is 1. The molecule has 2 aliphatic rings. The molecule has 14 heteroatoms. The smallest absolute Gasteiger partial charge is 0.778 e. The molecule has 48 heavy (non-hydrogen) atoms. The van der Waals surface area contributed by atoms with E-state index in [9.17, 15) is 38.6 Å². The van der Waals surface area contributed by atoms with Crippen molar-refractivity contribution in [3.63, 3.8) is 0 Å². The van der Waals surface area contributed by atoms with Gasteiger partial charge < -0.3 is 29.8 Å². The molecule has 0 spiro atoms. The van der Waals surface area contributed by atoms with Crippen molar-refractivity contribution in [2.75, 3.05) is 6.54 Å². The van der Waals surface area contributed by atoms with Gasteiger partial charge in [0.15, 0.2) is 0 Å². The first kappa shape index (κ1) is 35.9. The first-order valence-corrected chi connectivity index (χ1v) is 17.3. The quantitative estimate of drug-likeness (QED) is 0.0838. The molecule has 246 valence electrons. The van der Waals surface area contributed by atoms with Crippen LogP contribution in [0.2, 0.25) is 0 Å². The molecule has 3 amide bonds. The second-order valence-electron chi connectivity index (χ2n) is 12.8. The molecule has 0 aliphatic carbocycles. The third-order valence-electron chi connectivity index (χ3n) is 9.37. The van der Waals surface area contributed by atoms with Crippen LogP contribution < -0.4 is 45.1 Å². The summed E-state index contributed by atoms with van der Waals surface area (Å²) in [6.07, 6.45) is 2.01. The molecule has 6 atom stereocenters. The minimum atomic E-state index is -5.09. The van der Waals surface area contributed by atoms with Crippen LogP contribution in [0.15, 0.2) is 66.9 Å². The van der Waals surface area contributed by atoms with Gasteiger partial charge >= 0.3 is 35.5 Å². The van der Waals surface area contributed by atoms with Gasteiger partial charge in [-0.1, -0.05) is 56.3 Å². The number of imide groups is 1. The number of hydrogen-bond donors (Lipinski definition) is 5. The SMILES string of the molecule is CC(C)C[C@@H]1[C@@H](CCN2C(=O)c3cccc4cccc(c34)C2=O)[C@@H](P(=O)([O-])O)N[C@H]1C(=O)N[C@@H](Cc1c[nH]c2ccccc12)C(=O)O.[Na+]. The fourth-order valence-electron chi connectivity index (χ4n) is 7.29. The molecule has 1 saturated heterocycles. The second kappa shape index (κ2) is 14.2. The molecule has 1 unspecified atom stereocenters. The molecule has 2 aliphatic heterocycles. The van der Waals surface area contributed by atoms with Gasteiger partial charge in [-0.15, -0.1) is 0 Å². The minimum absolute atomic E-state index is 0. The van der Waals surface area contributed by atoms with Crippen LogP contribution in [-0.2, 0) is 20.6 Å². The molecule has 3 aromatic carbocycles. The van der Waals surface area contributed by atoms with Crippen LogP contribution in [0.4, 0.5) is 0 Å². The number of fused-ring (bicyclic) bond motifs is 1. The summed E-state index contributed by atoms with van der Waals surface area (Å²) < 4.78 is 12.7. The molecule has 0 saturated carbocycles. The summed E-state index contributed by atoms with van der Waals surface area (Å²) in [5.74, 6) is -6.08. The third kappa shape index (κ3) is 6.89. The molecule has 6 rings (SSSR count). The van der Waals surface area contributed by atoms with Crippen molar-refractivity contribution in [2.24, 2.45) is 17.8 Å². The van der Waals surface area contributed by atoms with Gasteiger partial charge in [-0.2, -0.15) is 0 Å². The number of aromatic nitrogens is 1. The van der Waals surface area contributed by atoms with Crippen molar-refractivity contribution in [1.29, 1.82) is 0 Å². The van der Waals surface area contributed by atoms with Gasteiger partial charge in [0.1, 0.15) is 13.6 Å². The van der Waals surface area contributed by atoms with E-state index >= 15 is 0 Å². The van der Waals surface area contributed by atoms with E-state index in [4.69, 9.17) is 0 Å². The van der Waals surface area contributed by atoms with E-state index in [1.54, 1.807) is 30.5 Å². The predicted octanol–water partition coefficient (Wildman–Crippen LogP) is 0.245. The zero-order valence-corrected chi connectivity index (χ0v) is 29.8. The molecule has 5 N–H and O–H groups in total. The number of H-pyrrole nitrogens is 1. The van der Waals surface area contributed by atoms with Crippen molar-refractivity contribution < 1.29 is 68.2 Å². The maximum Gasteiger partial charge on any atom is 1.00 e. The van der Waals surface area contributed by atoms with Crippen LogP contribution >= 0.6 is 7.60 Å². The van der Waals surface area contributed by atoms with E-state index < -0.39 is 61.0 Å². The molecular weight excluding hydrogens is 646 g/mol. The van der Waals surface area contributed by atoms with E-state index in [0.717, 1.165) is 21.2 Å². The van der Waals surface area contributed by atoms with Crippen molar-refractivity contribution in [1.82, 2.24) is 20.5 Å². The average Bonchev–Trinajstić information content (AvgIpc) is 3.60. The Morgan fingerprint density at radius 1 is 1.00 bits per heavy atom. The van der Waals surface area contributed by atoms with Crippen molar-refractivity contribution >= 4 is 53.0 Å². The number of amides is 3. The number of nitrogens with zero attached hydrogens (tertiary/aromatic N) is 1. The van der Waals surface area contributed by atoms with Crippen LogP contribution in [0.5, 0.6) is 0 Å². The van der Waals surface area contributed by atoms with Gasteiger partial charge in [0.25, 0.3) is 11.8 Å². The summed E-state index contributed by atoms with van der Waals surface area (Å²) in [6.45, 7) is 3.66. The number of hydrogen-bond acceptors (Lipinski definition) is 7. The predicted molar refractivity (Wildman–Crippen MR) is 172 cm³/mol. The monoisotopic (exact) mass is 682 g/mol. The summed E-state index contributed by atoms with van der Waals surface area (Å²) in [7, 11) is -5.09. The van der Waals surface area contributed by atoms with E-state index in [0.29, 0.717) is 28.5 Å². The first-order valence-electron chi connectivity index (χ1n) is 15.6. The Balaban J connectivity index is 0.00000451. The number of rotatable bonds is 11. The third-order valence-corrected chi connectivity index (χ3v) is 10.6. The average molecular weight is 683 g/mol. The first-order chi connectivity index (χ1) is 22.3. The summed E-state index contributed by atoms with van der Waals surface area (Å²) >= 11 is 0. The summed E-state index contributed by atoms with van der Waals surface area (Å²) in [5.41, 5.74) is 2.23. The fraction of sp³-hybridized carbons (Fsp3) is 0.353. The minimum Gasteiger partial charge on any atom is -0.778 e. The van der Waals surface area contributed by atoms with Gasteiger partial charge in [0, 0.05) is 46.6 Å². The summed E-state index contributed by atoms with van der Waals surface area (Å²) in [6, 6.07) is 15.3. The van der Waals surface area contributed by atoms with E-state index in [2.05, 4.69) is 15.6 Å². The zero-order valence-electron chi connectivity index (χ0n) is 26.9. The molecule has 12 nitrogen and oxygen atoms in total.